The molecule has 0 bridgehead atoms. The van der Waals surface area contributed by atoms with E-state index in [4.69, 9.17) is 11.6 Å². The van der Waals surface area contributed by atoms with Crippen LogP contribution in [0.5, 0.6) is 0 Å². The molecule has 2 aromatic carbocycles. The van der Waals surface area contributed by atoms with Crippen molar-refractivity contribution in [2.45, 2.75) is 44.2 Å². The van der Waals surface area contributed by atoms with Crippen LogP contribution in [-0.2, 0) is 13.6 Å². The smallest absolute Gasteiger partial charge is 0.264 e. The number of hydrogen-bond donors (Lipinski definition) is 1. The van der Waals surface area contributed by atoms with Crippen LogP contribution in [0.2, 0.25) is 5.02 Å². The number of aromatic nitrogens is 4. The van der Waals surface area contributed by atoms with Crippen LogP contribution in [0.4, 0.5) is 0 Å². The predicted molar refractivity (Wildman–Crippen MR) is 159 cm³/mol. The SMILES string of the molecule is Cn1ncc2c(=O)n(CC3(O)CCN(C(=O)c4ccc(-c5ccc(C(=O)N6CCCCC6)cc5)cc4Cl)CC3)cnc21. The molecule has 4 aromatic rings. The largest absolute Gasteiger partial charge is 0.388 e. The number of aliphatic hydroxyl groups is 1. The van der Waals surface area contributed by atoms with Crippen molar-refractivity contribution in [2.75, 3.05) is 26.2 Å². The van der Waals surface area contributed by atoms with E-state index in [1.807, 2.05) is 35.2 Å². The molecule has 2 fully saturated rings. The highest BCUT2D eigenvalue weighted by atomic mass is 35.5. The normalized spacial score (nSPS) is 17.0. The van der Waals surface area contributed by atoms with Gasteiger partial charge in [-0.25, -0.2) is 4.98 Å². The summed E-state index contributed by atoms with van der Waals surface area (Å²) < 4.78 is 2.94. The number of likely N-dealkylation sites (tertiary alicyclic amines) is 2. The number of aryl methyl sites for hydroxylation is 1. The average molecular weight is 589 g/mol. The lowest BCUT2D eigenvalue weighted by Gasteiger charge is -2.38. The maximum absolute atomic E-state index is 13.4. The van der Waals surface area contributed by atoms with Crippen LogP contribution in [0.1, 0.15) is 52.8 Å². The third-order valence-corrected chi connectivity index (χ3v) is 8.78. The number of piperidine rings is 2. The Morgan fingerprint density at radius 1 is 0.929 bits per heavy atom. The molecule has 2 aliphatic rings. The van der Waals surface area contributed by atoms with E-state index in [1.165, 1.54) is 28.2 Å². The number of carbonyl (C=O) groups is 2. The van der Waals surface area contributed by atoms with Crippen LogP contribution in [0.25, 0.3) is 22.2 Å². The van der Waals surface area contributed by atoms with E-state index in [9.17, 15) is 19.5 Å². The van der Waals surface area contributed by atoms with E-state index in [2.05, 4.69) is 10.1 Å². The quantitative estimate of drug-likeness (QED) is 0.380. The summed E-state index contributed by atoms with van der Waals surface area (Å²) in [7, 11) is 1.72. The minimum atomic E-state index is -1.15. The van der Waals surface area contributed by atoms with E-state index >= 15 is 0 Å². The van der Waals surface area contributed by atoms with Crippen molar-refractivity contribution in [2.24, 2.45) is 7.05 Å². The average Bonchev–Trinajstić information content (AvgIpc) is 3.39. The first kappa shape index (κ1) is 28.1. The number of benzene rings is 2. The Balaban J connectivity index is 1.10. The summed E-state index contributed by atoms with van der Waals surface area (Å²) in [5, 5.41) is 16.1. The molecule has 1 N–H and O–H groups in total. The molecule has 0 atom stereocenters. The highest BCUT2D eigenvalue weighted by Gasteiger charge is 2.35. The van der Waals surface area contributed by atoms with Gasteiger partial charge < -0.3 is 14.9 Å². The van der Waals surface area contributed by atoms with Gasteiger partial charge in [0.1, 0.15) is 11.7 Å². The van der Waals surface area contributed by atoms with Gasteiger partial charge in [0.25, 0.3) is 17.4 Å². The Hall–Kier alpha value is -4.02. The number of rotatable bonds is 5. The summed E-state index contributed by atoms with van der Waals surface area (Å²) in [6.45, 7) is 2.36. The summed E-state index contributed by atoms with van der Waals surface area (Å²) in [6, 6.07) is 12.8. The fraction of sp³-hybridized carbons (Fsp3) is 0.387. The molecule has 42 heavy (non-hydrogen) atoms. The maximum Gasteiger partial charge on any atom is 0.264 e. The second kappa shape index (κ2) is 11.3. The Bertz CT molecular complexity index is 1700. The van der Waals surface area contributed by atoms with Crippen molar-refractivity contribution in [3.05, 3.63) is 81.5 Å². The first-order chi connectivity index (χ1) is 20.2. The van der Waals surface area contributed by atoms with Crippen molar-refractivity contribution in [1.82, 2.24) is 29.1 Å². The van der Waals surface area contributed by atoms with Crippen LogP contribution < -0.4 is 5.56 Å². The zero-order valence-corrected chi connectivity index (χ0v) is 24.3. The van der Waals surface area contributed by atoms with Crippen LogP contribution in [-0.4, -0.2) is 77.8 Å². The van der Waals surface area contributed by atoms with E-state index < -0.39 is 5.60 Å². The molecular weight excluding hydrogens is 556 g/mol. The van der Waals surface area contributed by atoms with Gasteiger partial charge in [0.2, 0.25) is 0 Å². The number of hydrogen-bond acceptors (Lipinski definition) is 6. The van der Waals surface area contributed by atoms with Crippen molar-refractivity contribution in [1.29, 1.82) is 0 Å². The molecule has 0 radical (unpaired) electrons. The summed E-state index contributed by atoms with van der Waals surface area (Å²) >= 11 is 6.60. The third-order valence-electron chi connectivity index (χ3n) is 8.47. The topological polar surface area (TPSA) is 114 Å². The molecule has 11 heteroatoms. The van der Waals surface area contributed by atoms with Crippen LogP contribution in [0, 0.1) is 0 Å². The van der Waals surface area contributed by atoms with Gasteiger partial charge >= 0.3 is 0 Å². The fourth-order valence-corrected chi connectivity index (χ4v) is 6.17. The molecule has 0 spiro atoms. The van der Waals surface area contributed by atoms with Crippen LogP contribution >= 0.6 is 11.6 Å². The lowest BCUT2D eigenvalue weighted by Crippen LogP contribution is -2.49. The number of carbonyl (C=O) groups excluding carboxylic acids is 2. The predicted octanol–water partition coefficient (Wildman–Crippen LogP) is 3.74. The molecule has 2 aromatic heterocycles. The highest BCUT2D eigenvalue weighted by molar-refractivity contribution is 6.34. The molecule has 0 saturated carbocycles. The molecule has 2 saturated heterocycles. The highest BCUT2D eigenvalue weighted by Crippen LogP contribution is 2.30. The number of fused-ring (bicyclic) bond motifs is 1. The van der Waals surface area contributed by atoms with Crippen LogP contribution in [0.3, 0.4) is 0 Å². The van der Waals surface area contributed by atoms with Gasteiger partial charge in [0, 0.05) is 38.8 Å². The standard InChI is InChI=1S/C31H33ClN6O4/c1-35-27-25(18-34-35)30(41)38(20-33-27)19-31(42)11-15-37(16-12-31)29(40)24-10-9-23(17-26(24)32)21-5-7-22(8-6-21)28(39)36-13-3-2-4-14-36/h5-10,17-18,20,42H,2-4,11-16,19H2,1H3. The summed E-state index contributed by atoms with van der Waals surface area (Å²) in [4.78, 5) is 46.9. The monoisotopic (exact) mass is 588 g/mol. The molecule has 10 nitrogen and oxygen atoms in total. The minimum absolute atomic E-state index is 0.0620. The van der Waals surface area contributed by atoms with Crippen molar-refractivity contribution in [3.8, 4) is 11.1 Å². The second-order valence-electron chi connectivity index (χ2n) is 11.3. The number of nitrogens with zero attached hydrogens (tertiary/aromatic N) is 6. The lowest BCUT2D eigenvalue weighted by molar-refractivity contribution is -0.0299. The van der Waals surface area contributed by atoms with E-state index in [-0.39, 0.29) is 23.9 Å². The van der Waals surface area contributed by atoms with Gasteiger partial charge in [-0.3, -0.25) is 23.6 Å². The Morgan fingerprint density at radius 3 is 2.29 bits per heavy atom. The minimum Gasteiger partial charge on any atom is -0.388 e. The molecule has 2 amide bonds. The second-order valence-corrected chi connectivity index (χ2v) is 11.7. The summed E-state index contributed by atoms with van der Waals surface area (Å²) in [5.74, 6) is -0.140. The molecular formula is C31H33ClN6O4. The Kier molecular flexibility index (Phi) is 7.59. The third kappa shape index (κ3) is 5.44. The molecule has 0 unspecified atom stereocenters. The lowest BCUT2D eigenvalue weighted by atomic mass is 9.90. The van der Waals surface area contributed by atoms with E-state index in [0.29, 0.717) is 53.1 Å². The van der Waals surface area contributed by atoms with Crippen LogP contribution in [0.15, 0.2) is 59.8 Å². The molecule has 2 aliphatic heterocycles. The van der Waals surface area contributed by atoms with E-state index in [0.717, 1.165) is 37.1 Å². The van der Waals surface area contributed by atoms with Gasteiger partial charge in [-0.2, -0.15) is 5.10 Å². The first-order valence-electron chi connectivity index (χ1n) is 14.3. The van der Waals surface area contributed by atoms with Crippen molar-refractivity contribution in [3.63, 3.8) is 0 Å². The van der Waals surface area contributed by atoms with E-state index in [1.54, 1.807) is 24.1 Å². The summed E-state index contributed by atoms with van der Waals surface area (Å²) in [6.07, 6.45) is 6.81. The zero-order valence-electron chi connectivity index (χ0n) is 23.5. The summed E-state index contributed by atoms with van der Waals surface area (Å²) in [5.41, 5.74) is 1.91. The van der Waals surface area contributed by atoms with Gasteiger partial charge in [-0.1, -0.05) is 29.8 Å². The van der Waals surface area contributed by atoms with Crippen molar-refractivity contribution < 1.29 is 14.7 Å². The number of halogens is 1. The fourth-order valence-electron chi connectivity index (χ4n) is 5.90. The number of amides is 2. The van der Waals surface area contributed by atoms with Crippen molar-refractivity contribution >= 4 is 34.4 Å². The molecule has 4 heterocycles. The van der Waals surface area contributed by atoms with Gasteiger partial charge in [-0.15, -0.1) is 0 Å². The Labute approximate surface area is 248 Å². The van der Waals surface area contributed by atoms with Gasteiger partial charge in [-0.05, 0) is 67.5 Å². The first-order valence-corrected chi connectivity index (χ1v) is 14.7. The molecule has 0 aliphatic carbocycles. The Morgan fingerprint density at radius 2 is 1.60 bits per heavy atom. The van der Waals surface area contributed by atoms with Gasteiger partial charge in [0.15, 0.2) is 5.65 Å². The zero-order chi connectivity index (χ0) is 29.4. The molecule has 6 rings (SSSR count). The maximum atomic E-state index is 13.4. The van der Waals surface area contributed by atoms with Gasteiger partial charge in [0.05, 0.1) is 28.9 Å². The molecule has 218 valence electrons.